The van der Waals surface area contributed by atoms with Gasteiger partial charge in [0.25, 0.3) is 0 Å². The fourth-order valence-corrected chi connectivity index (χ4v) is 2.75. The third kappa shape index (κ3) is 2.75. The largest absolute Gasteiger partial charge is 0.389 e. The van der Waals surface area contributed by atoms with Crippen molar-refractivity contribution in [3.63, 3.8) is 0 Å². The third-order valence-corrected chi connectivity index (χ3v) is 3.90. The zero-order chi connectivity index (χ0) is 16.7. The van der Waals surface area contributed by atoms with Gasteiger partial charge in [-0.3, -0.25) is 4.40 Å². The van der Waals surface area contributed by atoms with E-state index in [1.807, 2.05) is 16.7 Å². The van der Waals surface area contributed by atoms with Crippen LogP contribution in [0.4, 0.5) is 13.2 Å². The van der Waals surface area contributed by atoms with Crippen molar-refractivity contribution in [2.75, 3.05) is 0 Å². The van der Waals surface area contributed by atoms with Gasteiger partial charge in [-0.25, -0.2) is 19.9 Å². The fourth-order valence-electron chi connectivity index (χ4n) is 2.75. The van der Waals surface area contributed by atoms with Crippen LogP contribution in [0.1, 0.15) is 29.1 Å². The van der Waals surface area contributed by atoms with E-state index < -0.39 is 12.6 Å². The molecule has 0 N–H and O–H groups in total. The second-order valence-electron chi connectivity index (χ2n) is 5.56. The molecule has 3 heterocycles. The number of allylic oxidation sites excluding steroid dienone is 1. The molecule has 0 radical (unpaired) electrons. The first-order valence-corrected chi connectivity index (χ1v) is 7.41. The molecule has 3 aromatic heterocycles. The van der Waals surface area contributed by atoms with Crippen molar-refractivity contribution in [3.8, 4) is 0 Å². The Balaban J connectivity index is 1.61. The predicted molar refractivity (Wildman–Crippen MR) is 80.2 cm³/mol. The Morgan fingerprint density at radius 3 is 2.83 bits per heavy atom. The zero-order valence-corrected chi connectivity index (χ0v) is 12.5. The van der Waals surface area contributed by atoms with Crippen LogP contribution in [-0.4, -0.2) is 30.5 Å². The van der Waals surface area contributed by atoms with E-state index in [4.69, 9.17) is 0 Å². The lowest BCUT2D eigenvalue weighted by Gasteiger charge is -2.08. The van der Waals surface area contributed by atoms with E-state index in [2.05, 4.69) is 19.9 Å². The summed E-state index contributed by atoms with van der Waals surface area (Å²) >= 11 is 0. The maximum Gasteiger partial charge on any atom is 0.389 e. The second-order valence-corrected chi connectivity index (χ2v) is 5.56. The van der Waals surface area contributed by atoms with E-state index in [-0.39, 0.29) is 12.2 Å². The summed E-state index contributed by atoms with van der Waals surface area (Å²) in [5.41, 5.74) is 3.43. The molecule has 1 aliphatic carbocycles. The lowest BCUT2D eigenvalue weighted by Crippen LogP contribution is -2.11. The monoisotopic (exact) mass is 331 g/mol. The Kier molecular flexibility index (Phi) is 3.33. The first-order chi connectivity index (χ1) is 11.5. The van der Waals surface area contributed by atoms with Gasteiger partial charge in [-0.15, -0.1) is 0 Å². The standard InChI is InChI=1S/C16H12F3N5/c17-16(18,19)4-3-14-21-8-12-11(1-2-13(12)23-14)10-7-22-15-20-5-6-24(15)9-10/h1,5-9H,2-4H2. The summed E-state index contributed by atoms with van der Waals surface area (Å²) < 4.78 is 38.8. The van der Waals surface area contributed by atoms with Crippen molar-refractivity contribution in [2.24, 2.45) is 0 Å². The van der Waals surface area contributed by atoms with Crippen LogP contribution in [0.5, 0.6) is 0 Å². The number of aromatic nitrogens is 5. The van der Waals surface area contributed by atoms with E-state index in [9.17, 15) is 13.2 Å². The Morgan fingerprint density at radius 2 is 2.00 bits per heavy atom. The number of fused-ring (bicyclic) bond motifs is 2. The highest BCUT2D eigenvalue weighted by molar-refractivity contribution is 5.83. The molecule has 0 spiro atoms. The first-order valence-electron chi connectivity index (χ1n) is 7.41. The van der Waals surface area contributed by atoms with E-state index in [0.29, 0.717) is 12.2 Å². The van der Waals surface area contributed by atoms with Crippen LogP contribution in [0, 0.1) is 0 Å². The molecule has 0 bridgehead atoms. The van der Waals surface area contributed by atoms with Crippen LogP contribution in [-0.2, 0) is 12.8 Å². The van der Waals surface area contributed by atoms with Gasteiger partial charge < -0.3 is 0 Å². The van der Waals surface area contributed by atoms with Gasteiger partial charge >= 0.3 is 6.18 Å². The van der Waals surface area contributed by atoms with Crippen LogP contribution in [0.15, 0.2) is 37.1 Å². The maximum absolute atomic E-state index is 12.3. The molecule has 0 aliphatic heterocycles. The molecule has 3 aromatic rings. The van der Waals surface area contributed by atoms with Crippen molar-refractivity contribution in [1.29, 1.82) is 0 Å². The van der Waals surface area contributed by atoms with Crippen LogP contribution in [0.3, 0.4) is 0 Å². The SMILES string of the molecule is FC(F)(F)CCc1ncc2c(n1)CC=C2c1cnc2nccn2c1. The third-order valence-electron chi connectivity index (χ3n) is 3.90. The summed E-state index contributed by atoms with van der Waals surface area (Å²) in [5.74, 6) is 0.834. The van der Waals surface area contributed by atoms with E-state index in [1.165, 1.54) is 0 Å². The highest BCUT2D eigenvalue weighted by Crippen LogP contribution is 2.31. The second kappa shape index (κ2) is 5.40. The molecule has 4 rings (SSSR count). The molecular weight excluding hydrogens is 319 g/mol. The number of imidazole rings is 1. The van der Waals surface area contributed by atoms with Gasteiger partial charge in [0.05, 0.1) is 12.1 Å². The smallest absolute Gasteiger partial charge is 0.291 e. The Bertz CT molecular complexity index is 942. The molecule has 24 heavy (non-hydrogen) atoms. The molecule has 1 aliphatic rings. The summed E-state index contributed by atoms with van der Waals surface area (Å²) in [7, 11) is 0. The summed E-state index contributed by atoms with van der Waals surface area (Å²) in [6, 6.07) is 0. The number of rotatable bonds is 3. The number of alkyl halides is 3. The van der Waals surface area contributed by atoms with Gasteiger partial charge in [0.2, 0.25) is 5.78 Å². The van der Waals surface area contributed by atoms with E-state index >= 15 is 0 Å². The molecule has 0 unspecified atom stereocenters. The Hall–Kier alpha value is -2.77. The molecule has 122 valence electrons. The van der Waals surface area contributed by atoms with Gasteiger partial charge in [0.15, 0.2) is 0 Å². The minimum Gasteiger partial charge on any atom is -0.291 e. The number of halogens is 3. The van der Waals surface area contributed by atoms with Crippen molar-refractivity contribution in [1.82, 2.24) is 24.3 Å². The predicted octanol–water partition coefficient (Wildman–Crippen LogP) is 3.00. The van der Waals surface area contributed by atoms with Crippen molar-refractivity contribution >= 4 is 11.4 Å². The van der Waals surface area contributed by atoms with Crippen molar-refractivity contribution in [3.05, 3.63) is 59.7 Å². The molecule has 0 fully saturated rings. The number of hydrogen-bond acceptors (Lipinski definition) is 4. The average Bonchev–Trinajstić information content (AvgIpc) is 3.17. The quantitative estimate of drug-likeness (QED) is 0.740. The maximum atomic E-state index is 12.3. The normalized spacial score (nSPS) is 14.0. The molecule has 0 atom stereocenters. The Morgan fingerprint density at radius 1 is 1.12 bits per heavy atom. The highest BCUT2D eigenvalue weighted by atomic mass is 19.4. The average molecular weight is 331 g/mol. The number of hydrogen-bond donors (Lipinski definition) is 0. The van der Waals surface area contributed by atoms with Gasteiger partial charge in [0, 0.05) is 55.0 Å². The molecular formula is C16H12F3N5. The number of nitrogens with zero attached hydrogens (tertiary/aromatic N) is 5. The lowest BCUT2D eigenvalue weighted by molar-refractivity contribution is -0.134. The zero-order valence-electron chi connectivity index (χ0n) is 12.5. The minimum absolute atomic E-state index is 0.200. The van der Waals surface area contributed by atoms with Gasteiger partial charge in [-0.05, 0) is 5.57 Å². The lowest BCUT2D eigenvalue weighted by atomic mass is 10.1. The molecule has 0 saturated heterocycles. The summed E-state index contributed by atoms with van der Waals surface area (Å²) in [6.07, 6.45) is 5.97. The molecule has 0 amide bonds. The molecule has 5 nitrogen and oxygen atoms in total. The first kappa shape index (κ1) is 14.8. The fraction of sp³-hybridized carbons (Fsp3) is 0.250. The number of aryl methyl sites for hydroxylation is 1. The van der Waals surface area contributed by atoms with Crippen molar-refractivity contribution in [2.45, 2.75) is 25.4 Å². The molecule has 0 aromatic carbocycles. The van der Waals surface area contributed by atoms with Crippen LogP contribution >= 0.6 is 0 Å². The summed E-state index contributed by atoms with van der Waals surface area (Å²) in [4.78, 5) is 16.7. The minimum atomic E-state index is -4.20. The van der Waals surface area contributed by atoms with Gasteiger partial charge in [-0.1, -0.05) is 6.08 Å². The highest BCUT2D eigenvalue weighted by Gasteiger charge is 2.27. The van der Waals surface area contributed by atoms with Crippen LogP contribution in [0.25, 0.3) is 11.4 Å². The van der Waals surface area contributed by atoms with Gasteiger partial charge in [-0.2, -0.15) is 13.2 Å². The topological polar surface area (TPSA) is 56.0 Å². The van der Waals surface area contributed by atoms with Gasteiger partial charge in [0.1, 0.15) is 5.82 Å². The summed E-state index contributed by atoms with van der Waals surface area (Å²) in [6.45, 7) is 0. The van der Waals surface area contributed by atoms with Crippen LogP contribution in [0.2, 0.25) is 0 Å². The Labute approximate surface area is 134 Å². The van der Waals surface area contributed by atoms with Crippen molar-refractivity contribution < 1.29 is 13.2 Å². The molecule has 0 saturated carbocycles. The van der Waals surface area contributed by atoms with E-state index in [1.54, 1.807) is 24.8 Å². The van der Waals surface area contributed by atoms with E-state index in [0.717, 1.165) is 22.4 Å². The molecule has 8 heteroatoms. The summed E-state index contributed by atoms with van der Waals surface area (Å²) in [5, 5.41) is 0. The van der Waals surface area contributed by atoms with Crippen LogP contribution < -0.4 is 0 Å².